The van der Waals surface area contributed by atoms with Crippen molar-refractivity contribution in [2.75, 3.05) is 20.1 Å². The van der Waals surface area contributed by atoms with Crippen molar-refractivity contribution in [3.8, 4) is 0 Å². The maximum absolute atomic E-state index is 12.6. The Labute approximate surface area is 186 Å². The summed E-state index contributed by atoms with van der Waals surface area (Å²) in [5.41, 5.74) is 3.33. The van der Waals surface area contributed by atoms with Crippen molar-refractivity contribution in [2.45, 2.75) is 51.7 Å². The van der Waals surface area contributed by atoms with E-state index >= 15 is 0 Å². The molecule has 2 fully saturated rings. The molecule has 164 valence electrons. The summed E-state index contributed by atoms with van der Waals surface area (Å²) in [4.78, 5) is 15.0. The van der Waals surface area contributed by atoms with Crippen LogP contribution in [0.5, 0.6) is 0 Å². The molecule has 1 amide bonds. The van der Waals surface area contributed by atoms with E-state index in [2.05, 4.69) is 77.9 Å². The minimum absolute atomic E-state index is 0.0705. The Hall–Kier alpha value is -2.17. The third-order valence-electron chi connectivity index (χ3n) is 8.33. The Morgan fingerprint density at radius 2 is 1.94 bits per heavy atom. The van der Waals surface area contributed by atoms with E-state index in [1.165, 1.54) is 29.2 Å². The smallest absolute Gasteiger partial charge is 0.237 e. The normalized spacial score (nSPS) is 29.5. The van der Waals surface area contributed by atoms with Gasteiger partial charge in [0.25, 0.3) is 0 Å². The number of fused-ring (bicyclic) bond motifs is 2. The first-order chi connectivity index (χ1) is 15.0. The summed E-state index contributed by atoms with van der Waals surface area (Å²) >= 11 is 0. The Morgan fingerprint density at radius 1 is 1.13 bits per heavy atom. The van der Waals surface area contributed by atoms with E-state index in [4.69, 9.17) is 0 Å². The molecule has 3 aliphatic carbocycles. The predicted molar refractivity (Wildman–Crippen MR) is 127 cm³/mol. The van der Waals surface area contributed by atoms with Gasteiger partial charge in [0.15, 0.2) is 0 Å². The molecule has 4 atom stereocenters. The molecule has 2 aromatic carbocycles. The number of rotatable bonds is 6. The number of nitrogens with one attached hydrogen (secondary N) is 2. The van der Waals surface area contributed by atoms with E-state index in [-0.39, 0.29) is 11.9 Å². The highest BCUT2D eigenvalue weighted by molar-refractivity contribution is 5.83. The van der Waals surface area contributed by atoms with Gasteiger partial charge in [-0.05, 0) is 58.9 Å². The summed E-state index contributed by atoms with van der Waals surface area (Å²) in [5, 5.41) is 9.21. The highest BCUT2D eigenvalue weighted by Gasteiger charge is 2.51. The first-order valence-electron chi connectivity index (χ1n) is 11.8. The standard InChI is InChI=1S/C27H35N3O/c1-27(2)22-11-10-21(24(27)13-22)15-29-23-14-25(26(31)28-3)30(17-23)16-18-8-9-19-6-4-5-7-20(19)12-18/h4-10,12,22-25,29H,11,13-17H2,1-3H3,(H,28,31)/t22-,23+,24-,25-/m0/s1. The van der Waals surface area contributed by atoms with Crippen LogP contribution in [0.15, 0.2) is 54.1 Å². The second-order valence-electron chi connectivity index (χ2n) is 10.4. The van der Waals surface area contributed by atoms with Gasteiger partial charge in [-0.25, -0.2) is 0 Å². The molecule has 1 aliphatic heterocycles. The van der Waals surface area contributed by atoms with Gasteiger partial charge in [0, 0.05) is 32.7 Å². The van der Waals surface area contributed by atoms with Crippen LogP contribution in [0.4, 0.5) is 0 Å². The molecule has 0 spiro atoms. The Morgan fingerprint density at radius 3 is 2.68 bits per heavy atom. The third-order valence-corrected chi connectivity index (χ3v) is 8.33. The van der Waals surface area contributed by atoms with Crippen molar-refractivity contribution in [1.29, 1.82) is 0 Å². The third kappa shape index (κ3) is 3.81. The number of likely N-dealkylation sites (tertiary alicyclic amines) is 1. The molecule has 6 rings (SSSR count). The number of benzene rings is 2. The van der Waals surface area contributed by atoms with Crippen molar-refractivity contribution < 1.29 is 4.79 Å². The maximum atomic E-state index is 12.6. The number of nitrogens with zero attached hydrogens (tertiary/aromatic N) is 1. The number of carbonyl (C=O) groups excluding carboxylic acids is 1. The van der Waals surface area contributed by atoms with E-state index < -0.39 is 0 Å². The lowest BCUT2D eigenvalue weighted by atomic mass is 9.49. The Balaban J connectivity index is 1.26. The zero-order valence-corrected chi connectivity index (χ0v) is 19.0. The van der Waals surface area contributed by atoms with Crippen LogP contribution in [0.1, 0.15) is 38.7 Å². The summed E-state index contributed by atoms with van der Waals surface area (Å²) in [6.45, 7) is 7.55. The second-order valence-corrected chi connectivity index (χ2v) is 10.4. The quantitative estimate of drug-likeness (QED) is 0.695. The predicted octanol–water partition coefficient (Wildman–Crippen LogP) is 4.11. The van der Waals surface area contributed by atoms with Crippen LogP contribution >= 0.6 is 0 Å². The van der Waals surface area contributed by atoms with Gasteiger partial charge >= 0.3 is 0 Å². The van der Waals surface area contributed by atoms with Gasteiger partial charge in [0.05, 0.1) is 6.04 Å². The average Bonchev–Trinajstić information content (AvgIpc) is 3.19. The maximum Gasteiger partial charge on any atom is 0.237 e. The fraction of sp³-hybridized carbons (Fsp3) is 0.519. The molecular weight excluding hydrogens is 382 g/mol. The molecule has 2 bridgehead atoms. The largest absolute Gasteiger partial charge is 0.358 e. The van der Waals surface area contributed by atoms with E-state index in [9.17, 15) is 4.79 Å². The number of likely N-dealkylation sites (N-methyl/N-ethyl adjacent to an activating group) is 1. The average molecular weight is 418 g/mol. The van der Waals surface area contributed by atoms with Gasteiger partial charge in [-0.15, -0.1) is 0 Å². The van der Waals surface area contributed by atoms with Crippen molar-refractivity contribution >= 4 is 16.7 Å². The number of amides is 1. The molecule has 2 N–H and O–H groups in total. The summed E-state index contributed by atoms with van der Waals surface area (Å²) in [7, 11) is 1.75. The summed E-state index contributed by atoms with van der Waals surface area (Å²) in [6.07, 6.45) is 5.95. The fourth-order valence-electron chi connectivity index (χ4n) is 6.18. The zero-order chi connectivity index (χ0) is 21.6. The van der Waals surface area contributed by atoms with Gasteiger partial charge in [-0.2, -0.15) is 0 Å². The zero-order valence-electron chi connectivity index (χ0n) is 19.0. The first kappa shape index (κ1) is 20.7. The fourth-order valence-corrected chi connectivity index (χ4v) is 6.18. The Bertz CT molecular complexity index is 1010. The molecule has 31 heavy (non-hydrogen) atoms. The topological polar surface area (TPSA) is 44.4 Å². The van der Waals surface area contributed by atoms with Crippen molar-refractivity contribution in [3.63, 3.8) is 0 Å². The molecule has 0 aromatic heterocycles. The van der Waals surface area contributed by atoms with E-state index in [0.717, 1.165) is 37.9 Å². The van der Waals surface area contributed by atoms with Crippen molar-refractivity contribution in [2.24, 2.45) is 17.3 Å². The minimum Gasteiger partial charge on any atom is -0.358 e. The van der Waals surface area contributed by atoms with Crippen molar-refractivity contribution in [1.82, 2.24) is 15.5 Å². The van der Waals surface area contributed by atoms with Crippen molar-refractivity contribution in [3.05, 3.63) is 59.7 Å². The lowest BCUT2D eigenvalue weighted by molar-refractivity contribution is -0.125. The second kappa shape index (κ2) is 8.07. The summed E-state index contributed by atoms with van der Waals surface area (Å²) in [6, 6.07) is 15.4. The monoisotopic (exact) mass is 417 g/mol. The van der Waals surface area contributed by atoms with Crippen LogP contribution < -0.4 is 10.6 Å². The molecule has 1 heterocycles. The van der Waals surface area contributed by atoms with Gasteiger partial charge in [0.1, 0.15) is 0 Å². The number of carbonyl (C=O) groups is 1. The van der Waals surface area contributed by atoms with Crippen LogP contribution in [0.25, 0.3) is 10.8 Å². The van der Waals surface area contributed by atoms with E-state index in [1.54, 1.807) is 12.6 Å². The number of allylic oxidation sites excluding steroid dienone is 1. The molecule has 0 unspecified atom stereocenters. The molecule has 4 heteroatoms. The molecule has 0 radical (unpaired) electrons. The lowest BCUT2D eigenvalue weighted by Gasteiger charge is -2.56. The summed E-state index contributed by atoms with van der Waals surface area (Å²) < 4.78 is 0. The molecule has 1 saturated heterocycles. The van der Waals surface area contributed by atoms with Crippen LogP contribution in [-0.4, -0.2) is 43.0 Å². The van der Waals surface area contributed by atoms with Crippen LogP contribution in [0, 0.1) is 17.3 Å². The summed E-state index contributed by atoms with van der Waals surface area (Å²) in [5.74, 6) is 1.75. The molecule has 4 nitrogen and oxygen atoms in total. The SMILES string of the molecule is CNC(=O)[C@@H]1C[C@@H](NCC2=CC[C@H]3C[C@@H]2C3(C)C)CN1Cc1ccc2ccccc2c1. The highest BCUT2D eigenvalue weighted by atomic mass is 16.2. The van der Waals surface area contributed by atoms with Gasteiger partial charge in [-0.3, -0.25) is 9.69 Å². The molecule has 4 aliphatic rings. The lowest BCUT2D eigenvalue weighted by Crippen LogP contribution is -2.50. The highest BCUT2D eigenvalue weighted by Crippen LogP contribution is 2.59. The number of hydrogen-bond donors (Lipinski definition) is 2. The first-order valence-corrected chi connectivity index (χ1v) is 11.8. The molecular formula is C27H35N3O. The molecule has 1 saturated carbocycles. The Kier molecular flexibility index (Phi) is 5.39. The van der Waals surface area contributed by atoms with Gasteiger partial charge in [-0.1, -0.05) is 61.9 Å². The number of hydrogen-bond acceptors (Lipinski definition) is 3. The van der Waals surface area contributed by atoms with E-state index in [1.807, 2.05) is 0 Å². The van der Waals surface area contributed by atoms with Gasteiger partial charge in [0.2, 0.25) is 5.91 Å². The van der Waals surface area contributed by atoms with E-state index in [0.29, 0.717) is 11.5 Å². The molecule has 2 aromatic rings. The minimum atomic E-state index is -0.0705. The van der Waals surface area contributed by atoms with Crippen LogP contribution in [0.3, 0.4) is 0 Å². The van der Waals surface area contributed by atoms with Crippen LogP contribution in [0.2, 0.25) is 0 Å². The van der Waals surface area contributed by atoms with Crippen LogP contribution in [-0.2, 0) is 11.3 Å². The van der Waals surface area contributed by atoms with Gasteiger partial charge < -0.3 is 10.6 Å².